The summed E-state index contributed by atoms with van der Waals surface area (Å²) in [5, 5.41) is 15.6. The Balaban J connectivity index is 2.17. The fourth-order valence-electron chi connectivity index (χ4n) is 3.01. The molecule has 3 aromatic carbocycles. The highest BCUT2D eigenvalue weighted by Crippen LogP contribution is 2.36. The summed E-state index contributed by atoms with van der Waals surface area (Å²) < 4.78 is 5.23. The summed E-state index contributed by atoms with van der Waals surface area (Å²) in [5.74, 6) is 0.671. The first kappa shape index (κ1) is 17.8. The van der Waals surface area contributed by atoms with Crippen LogP contribution in [0.25, 0.3) is 10.8 Å². The molecule has 1 amide bonds. The maximum Gasteiger partial charge on any atom is 0.223 e. The van der Waals surface area contributed by atoms with Gasteiger partial charge in [0.25, 0.3) is 0 Å². The Morgan fingerprint density at radius 2 is 1.69 bits per heavy atom. The number of benzene rings is 3. The second-order valence-electron chi connectivity index (χ2n) is 6.59. The van der Waals surface area contributed by atoms with E-state index in [4.69, 9.17) is 4.74 Å². The Bertz CT molecular complexity index is 916. The van der Waals surface area contributed by atoms with E-state index in [2.05, 4.69) is 5.32 Å². The van der Waals surface area contributed by atoms with Crippen molar-refractivity contribution >= 4 is 16.7 Å². The first-order valence-electron chi connectivity index (χ1n) is 8.66. The molecule has 4 heteroatoms. The number of aromatic hydroxyl groups is 1. The molecule has 0 radical (unpaired) electrons. The average molecular weight is 349 g/mol. The number of ether oxygens (including phenoxy) is 1. The third-order valence-electron chi connectivity index (χ3n) is 4.50. The molecular weight excluding hydrogens is 326 g/mol. The molecular formula is C22H23NO3. The van der Waals surface area contributed by atoms with Crippen LogP contribution < -0.4 is 10.1 Å². The predicted octanol–water partition coefficient (Wildman–Crippen LogP) is 4.42. The zero-order valence-corrected chi connectivity index (χ0v) is 15.2. The molecule has 4 nitrogen and oxygen atoms in total. The van der Waals surface area contributed by atoms with Crippen LogP contribution in [0.1, 0.15) is 31.0 Å². The minimum Gasteiger partial charge on any atom is -0.508 e. The summed E-state index contributed by atoms with van der Waals surface area (Å²) in [4.78, 5) is 12.5. The standard InChI is InChI=1S/C22H23NO3/c1-14(2)22(25)23-21(16-8-11-17(26-3)12-9-16)20-18-7-5-4-6-15(18)10-13-19(20)24/h4-14,21,24H,1-3H3,(H,23,25)/t21-/m1/s1. The van der Waals surface area contributed by atoms with Crippen molar-refractivity contribution in [3.63, 3.8) is 0 Å². The van der Waals surface area contributed by atoms with Crippen molar-refractivity contribution in [2.45, 2.75) is 19.9 Å². The van der Waals surface area contributed by atoms with Gasteiger partial charge in [-0.25, -0.2) is 0 Å². The second-order valence-corrected chi connectivity index (χ2v) is 6.59. The number of carbonyl (C=O) groups excluding carboxylic acids is 1. The number of rotatable bonds is 5. The van der Waals surface area contributed by atoms with Crippen LogP contribution in [-0.2, 0) is 4.79 Å². The lowest BCUT2D eigenvalue weighted by Crippen LogP contribution is -2.32. The predicted molar refractivity (Wildman–Crippen MR) is 103 cm³/mol. The van der Waals surface area contributed by atoms with Crippen LogP contribution in [0.5, 0.6) is 11.5 Å². The molecule has 1 atom stereocenters. The Kier molecular flexibility index (Phi) is 5.12. The molecule has 0 saturated carbocycles. The third kappa shape index (κ3) is 3.49. The van der Waals surface area contributed by atoms with Crippen LogP contribution in [0.2, 0.25) is 0 Å². The molecule has 0 aliphatic carbocycles. The van der Waals surface area contributed by atoms with Crippen molar-refractivity contribution in [1.29, 1.82) is 0 Å². The van der Waals surface area contributed by atoms with Gasteiger partial charge in [-0.15, -0.1) is 0 Å². The molecule has 0 bridgehead atoms. The number of methoxy groups -OCH3 is 1. The lowest BCUT2D eigenvalue weighted by Gasteiger charge is -2.23. The van der Waals surface area contributed by atoms with Gasteiger partial charge in [0.2, 0.25) is 5.91 Å². The van der Waals surface area contributed by atoms with Gasteiger partial charge in [0.1, 0.15) is 11.5 Å². The fraction of sp³-hybridized carbons (Fsp3) is 0.227. The number of carbonyl (C=O) groups is 1. The average Bonchev–Trinajstić information content (AvgIpc) is 2.66. The minimum absolute atomic E-state index is 0.0712. The molecule has 26 heavy (non-hydrogen) atoms. The number of hydrogen-bond acceptors (Lipinski definition) is 3. The highest BCUT2D eigenvalue weighted by Gasteiger charge is 2.23. The van der Waals surface area contributed by atoms with Crippen molar-refractivity contribution in [2.75, 3.05) is 7.11 Å². The van der Waals surface area contributed by atoms with Crippen LogP contribution in [0.15, 0.2) is 60.7 Å². The molecule has 0 fully saturated rings. The molecule has 0 heterocycles. The molecule has 0 unspecified atom stereocenters. The van der Waals surface area contributed by atoms with E-state index < -0.39 is 6.04 Å². The van der Waals surface area contributed by atoms with Gasteiger partial charge in [0, 0.05) is 11.5 Å². The van der Waals surface area contributed by atoms with Gasteiger partial charge in [-0.05, 0) is 34.5 Å². The molecule has 3 aromatic rings. The van der Waals surface area contributed by atoms with Gasteiger partial charge in [-0.3, -0.25) is 4.79 Å². The normalized spacial score (nSPS) is 12.2. The van der Waals surface area contributed by atoms with Crippen molar-refractivity contribution in [3.05, 3.63) is 71.8 Å². The Labute approximate surface area is 153 Å². The van der Waals surface area contributed by atoms with E-state index >= 15 is 0 Å². The van der Waals surface area contributed by atoms with E-state index in [-0.39, 0.29) is 17.6 Å². The molecule has 2 N–H and O–H groups in total. The maximum atomic E-state index is 12.5. The summed E-state index contributed by atoms with van der Waals surface area (Å²) in [5.41, 5.74) is 1.58. The van der Waals surface area contributed by atoms with Crippen LogP contribution in [-0.4, -0.2) is 18.1 Å². The van der Waals surface area contributed by atoms with Crippen LogP contribution in [0.3, 0.4) is 0 Å². The van der Waals surface area contributed by atoms with Gasteiger partial charge in [-0.1, -0.05) is 56.3 Å². The quantitative estimate of drug-likeness (QED) is 0.717. The number of fused-ring (bicyclic) bond motifs is 1. The SMILES string of the molecule is COc1ccc([C@@H](NC(=O)C(C)C)c2c(O)ccc3ccccc23)cc1. The monoisotopic (exact) mass is 349 g/mol. The molecule has 0 saturated heterocycles. The molecule has 3 rings (SSSR count). The number of amides is 1. The number of phenolic OH excluding ortho intramolecular Hbond substituents is 1. The highest BCUT2D eigenvalue weighted by molar-refractivity contribution is 5.89. The molecule has 0 aromatic heterocycles. The summed E-state index contributed by atoms with van der Waals surface area (Å²) in [6.45, 7) is 3.70. The van der Waals surface area contributed by atoms with E-state index in [9.17, 15) is 9.90 Å². The maximum absolute atomic E-state index is 12.5. The highest BCUT2D eigenvalue weighted by atomic mass is 16.5. The Morgan fingerprint density at radius 3 is 2.35 bits per heavy atom. The molecule has 0 spiro atoms. The molecule has 0 aliphatic rings. The van der Waals surface area contributed by atoms with E-state index in [1.807, 2.05) is 68.4 Å². The topological polar surface area (TPSA) is 58.6 Å². The number of nitrogens with one attached hydrogen (secondary N) is 1. The minimum atomic E-state index is -0.457. The van der Waals surface area contributed by atoms with Crippen molar-refractivity contribution in [3.8, 4) is 11.5 Å². The fourth-order valence-corrected chi connectivity index (χ4v) is 3.01. The van der Waals surface area contributed by atoms with Gasteiger partial charge in [0.15, 0.2) is 0 Å². The first-order chi connectivity index (χ1) is 12.5. The number of phenols is 1. The van der Waals surface area contributed by atoms with Crippen LogP contribution in [0.4, 0.5) is 0 Å². The largest absolute Gasteiger partial charge is 0.508 e. The van der Waals surface area contributed by atoms with E-state index in [1.54, 1.807) is 13.2 Å². The molecule has 0 aliphatic heterocycles. The van der Waals surface area contributed by atoms with Gasteiger partial charge >= 0.3 is 0 Å². The zero-order chi connectivity index (χ0) is 18.7. The number of hydrogen-bond donors (Lipinski definition) is 2. The van der Waals surface area contributed by atoms with Crippen molar-refractivity contribution < 1.29 is 14.6 Å². The van der Waals surface area contributed by atoms with Crippen LogP contribution in [0, 0.1) is 5.92 Å². The third-order valence-corrected chi connectivity index (χ3v) is 4.50. The smallest absolute Gasteiger partial charge is 0.223 e. The summed E-state index contributed by atoms with van der Waals surface area (Å²) >= 11 is 0. The summed E-state index contributed by atoms with van der Waals surface area (Å²) in [6, 6.07) is 18.5. The lowest BCUT2D eigenvalue weighted by atomic mass is 9.92. The van der Waals surface area contributed by atoms with E-state index in [1.165, 1.54) is 0 Å². The summed E-state index contributed by atoms with van der Waals surface area (Å²) in [6.07, 6.45) is 0. The molecule has 134 valence electrons. The van der Waals surface area contributed by atoms with E-state index in [0.717, 1.165) is 22.1 Å². The van der Waals surface area contributed by atoms with Gasteiger partial charge in [0.05, 0.1) is 13.2 Å². The summed E-state index contributed by atoms with van der Waals surface area (Å²) in [7, 11) is 1.61. The zero-order valence-electron chi connectivity index (χ0n) is 15.2. The van der Waals surface area contributed by atoms with Gasteiger partial charge < -0.3 is 15.2 Å². The lowest BCUT2D eigenvalue weighted by molar-refractivity contribution is -0.124. The van der Waals surface area contributed by atoms with Crippen LogP contribution >= 0.6 is 0 Å². The second kappa shape index (κ2) is 7.48. The van der Waals surface area contributed by atoms with Gasteiger partial charge in [-0.2, -0.15) is 0 Å². The Hall–Kier alpha value is -3.01. The van der Waals surface area contributed by atoms with Crippen molar-refractivity contribution in [1.82, 2.24) is 5.32 Å². The first-order valence-corrected chi connectivity index (χ1v) is 8.66. The Morgan fingerprint density at radius 1 is 1.00 bits per heavy atom. The van der Waals surface area contributed by atoms with E-state index in [0.29, 0.717) is 5.56 Å². The van der Waals surface area contributed by atoms with Crippen molar-refractivity contribution in [2.24, 2.45) is 5.92 Å².